The third kappa shape index (κ3) is 6.33. The van der Waals surface area contributed by atoms with Crippen LogP contribution in [0.25, 0.3) is 0 Å². The van der Waals surface area contributed by atoms with Crippen molar-refractivity contribution in [3.63, 3.8) is 0 Å². The fourth-order valence-electron chi connectivity index (χ4n) is 3.51. The van der Waals surface area contributed by atoms with E-state index in [-0.39, 0.29) is 23.4 Å². The van der Waals surface area contributed by atoms with Gasteiger partial charge in [-0.1, -0.05) is 68.0 Å². The molecule has 0 spiro atoms. The summed E-state index contributed by atoms with van der Waals surface area (Å²) < 4.78 is 0. The number of hydrogen-bond acceptors (Lipinski definition) is 3. The highest BCUT2D eigenvalue weighted by atomic mass is 16.2. The number of nitrogens with one attached hydrogen (secondary N) is 2. The summed E-state index contributed by atoms with van der Waals surface area (Å²) >= 11 is 0. The summed E-state index contributed by atoms with van der Waals surface area (Å²) in [6.45, 7) is 18.5. The van der Waals surface area contributed by atoms with Gasteiger partial charge in [0.05, 0.1) is 12.5 Å². The zero-order chi connectivity index (χ0) is 23.3. The summed E-state index contributed by atoms with van der Waals surface area (Å²) in [6, 6.07) is 8.06. The molecule has 2 atom stereocenters. The van der Waals surface area contributed by atoms with Crippen molar-refractivity contribution in [2.24, 2.45) is 5.92 Å². The van der Waals surface area contributed by atoms with Crippen LogP contribution in [0.2, 0.25) is 0 Å². The Balaban J connectivity index is 1.99. The lowest BCUT2D eigenvalue weighted by Crippen LogP contribution is -2.58. The predicted molar refractivity (Wildman–Crippen MR) is 127 cm³/mol. The molecule has 31 heavy (non-hydrogen) atoms. The van der Waals surface area contributed by atoms with Gasteiger partial charge < -0.3 is 10.6 Å². The molecule has 0 aromatic heterocycles. The van der Waals surface area contributed by atoms with E-state index in [0.717, 1.165) is 11.1 Å². The molecule has 5 heteroatoms. The molecule has 0 radical (unpaired) electrons. The van der Waals surface area contributed by atoms with Gasteiger partial charge in [0.15, 0.2) is 0 Å². The average molecular weight is 424 g/mol. The summed E-state index contributed by atoms with van der Waals surface area (Å²) in [5.41, 5.74) is 3.57. The minimum atomic E-state index is -0.273. The molecule has 0 unspecified atom stereocenters. The van der Waals surface area contributed by atoms with Gasteiger partial charge in [-0.25, -0.2) is 0 Å². The Kier molecular flexibility index (Phi) is 7.88. The third-order valence-corrected chi connectivity index (χ3v) is 6.12. The van der Waals surface area contributed by atoms with Crippen LogP contribution in [-0.4, -0.2) is 28.8 Å². The van der Waals surface area contributed by atoms with Crippen LogP contribution in [0.15, 0.2) is 60.0 Å². The first kappa shape index (κ1) is 24.4. The van der Waals surface area contributed by atoms with Crippen molar-refractivity contribution in [1.29, 1.82) is 0 Å². The Morgan fingerprint density at radius 3 is 2.55 bits per heavy atom. The summed E-state index contributed by atoms with van der Waals surface area (Å²) in [5, 5.41) is 6.44. The van der Waals surface area contributed by atoms with Gasteiger partial charge in [0.1, 0.15) is 5.82 Å². The predicted octanol–water partition coefficient (Wildman–Crippen LogP) is 4.77. The lowest BCUT2D eigenvalue weighted by Gasteiger charge is -2.44. The van der Waals surface area contributed by atoms with E-state index in [9.17, 15) is 9.59 Å². The molecule has 1 aliphatic heterocycles. The van der Waals surface area contributed by atoms with Crippen LogP contribution in [0.1, 0.15) is 65.1 Å². The molecule has 5 nitrogen and oxygen atoms in total. The van der Waals surface area contributed by atoms with Crippen LogP contribution in [0.5, 0.6) is 0 Å². The molecule has 1 saturated heterocycles. The van der Waals surface area contributed by atoms with Gasteiger partial charge in [-0.2, -0.15) is 0 Å². The largest absolute Gasteiger partial charge is 0.366 e. The van der Waals surface area contributed by atoms with Crippen molar-refractivity contribution in [2.75, 3.05) is 6.54 Å². The van der Waals surface area contributed by atoms with Gasteiger partial charge in [-0.3, -0.25) is 14.5 Å². The van der Waals surface area contributed by atoms with E-state index in [0.29, 0.717) is 30.3 Å². The monoisotopic (exact) mass is 423 g/mol. The second-order valence-corrected chi connectivity index (χ2v) is 9.27. The van der Waals surface area contributed by atoms with Gasteiger partial charge in [-0.15, -0.1) is 0 Å². The maximum absolute atomic E-state index is 12.7. The molecule has 1 aromatic rings. The second-order valence-electron chi connectivity index (χ2n) is 9.27. The fourth-order valence-corrected chi connectivity index (χ4v) is 3.51. The minimum absolute atomic E-state index is 0.0677. The molecule has 1 fully saturated rings. The van der Waals surface area contributed by atoms with Crippen LogP contribution < -0.4 is 10.6 Å². The van der Waals surface area contributed by atoms with Crippen LogP contribution in [0, 0.1) is 12.8 Å². The molecule has 0 aliphatic carbocycles. The van der Waals surface area contributed by atoms with Crippen molar-refractivity contribution in [2.45, 2.75) is 66.5 Å². The smallest absolute Gasteiger partial charge is 0.247 e. The van der Waals surface area contributed by atoms with E-state index in [2.05, 4.69) is 44.1 Å². The van der Waals surface area contributed by atoms with E-state index >= 15 is 0 Å². The summed E-state index contributed by atoms with van der Waals surface area (Å²) in [6.07, 6.45) is 4.13. The molecule has 1 aliphatic rings. The summed E-state index contributed by atoms with van der Waals surface area (Å²) in [5.74, 6) is 0.910. The molecule has 0 saturated carbocycles. The van der Waals surface area contributed by atoms with Crippen LogP contribution in [0.3, 0.4) is 0 Å². The highest BCUT2D eigenvalue weighted by molar-refractivity contribution is 5.93. The van der Waals surface area contributed by atoms with Crippen LogP contribution >= 0.6 is 0 Å². The Labute approximate surface area is 187 Å². The molecule has 0 bridgehead atoms. The maximum atomic E-state index is 12.7. The van der Waals surface area contributed by atoms with E-state index in [1.165, 1.54) is 5.56 Å². The lowest BCUT2D eigenvalue weighted by atomic mass is 9.83. The van der Waals surface area contributed by atoms with Crippen molar-refractivity contribution >= 4 is 11.8 Å². The van der Waals surface area contributed by atoms with Gasteiger partial charge in [0.2, 0.25) is 11.8 Å². The highest BCUT2D eigenvalue weighted by Gasteiger charge is 2.38. The van der Waals surface area contributed by atoms with E-state index < -0.39 is 0 Å². The minimum Gasteiger partial charge on any atom is -0.366 e. The molecule has 2 N–H and O–H groups in total. The van der Waals surface area contributed by atoms with Gasteiger partial charge in [0.25, 0.3) is 0 Å². The van der Waals surface area contributed by atoms with Crippen LogP contribution in [0.4, 0.5) is 0 Å². The molecular weight excluding hydrogens is 386 g/mol. The molecule has 2 rings (SSSR count). The Morgan fingerprint density at radius 2 is 1.97 bits per heavy atom. The number of hydrogen-bond donors (Lipinski definition) is 2. The van der Waals surface area contributed by atoms with Gasteiger partial charge in [0, 0.05) is 17.7 Å². The standard InChI is InChI=1S/C26H37N3O2/c1-17(2)26(8)15-24(30)29(22(7)28-26)16-19(4)12-13-20(5)25(31)27-21(6)23-11-9-10-18(3)14-23/h9-14,17,21,28H,7,15-16H2,1-6,8H3,(H,27,31)/b19-12+,20-13+/t21-,26-/m0/s1. The Morgan fingerprint density at radius 1 is 1.29 bits per heavy atom. The first-order valence-corrected chi connectivity index (χ1v) is 10.9. The van der Waals surface area contributed by atoms with Crippen molar-refractivity contribution in [3.05, 3.63) is 71.1 Å². The van der Waals surface area contributed by atoms with E-state index in [4.69, 9.17) is 0 Å². The van der Waals surface area contributed by atoms with E-state index in [1.807, 2.05) is 45.0 Å². The van der Waals surface area contributed by atoms with Gasteiger partial charge >= 0.3 is 0 Å². The van der Waals surface area contributed by atoms with Crippen molar-refractivity contribution in [1.82, 2.24) is 15.5 Å². The number of rotatable bonds is 7. The molecular formula is C26H37N3O2. The van der Waals surface area contributed by atoms with Crippen LogP contribution in [-0.2, 0) is 9.59 Å². The maximum Gasteiger partial charge on any atom is 0.247 e. The third-order valence-electron chi connectivity index (χ3n) is 6.12. The Bertz CT molecular complexity index is 893. The quantitative estimate of drug-likeness (QED) is 0.490. The van der Waals surface area contributed by atoms with Crippen molar-refractivity contribution in [3.8, 4) is 0 Å². The molecule has 1 heterocycles. The van der Waals surface area contributed by atoms with E-state index in [1.54, 1.807) is 17.9 Å². The number of carbonyl (C=O) groups is 2. The normalized spacial score (nSPS) is 21.2. The SMILES string of the molecule is C=C1N[C@](C)(C(C)C)CC(=O)N1C/C(C)=C/C=C(\C)C(=O)N[C@@H](C)c1cccc(C)c1. The highest BCUT2D eigenvalue weighted by Crippen LogP contribution is 2.28. The lowest BCUT2D eigenvalue weighted by molar-refractivity contribution is -0.133. The first-order chi connectivity index (χ1) is 14.4. The number of benzene rings is 1. The summed E-state index contributed by atoms with van der Waals surface area (Å²) in [4.78, 5) is 26.9. The zero-order valence-electron chi connectivity index (χ0n) is 20.0. The number of nitrogens with zero attached hydrogens (tertiary/aromatic N) is 1. The van der Waals surface area contributed by atoms with Gasteiger partial charge in [-0.05, 0) is 46.1 Å². The molecule has 168 valence electrons. The van der Waals surface area contributed by atoms with Crippen molar-refractivity contribution < 1.29 is 9.59 Å². The number of amides is 2. The Hall–Kier alpha value is -2.82. The molecule has 2 amide bonds. The fraction of sp³-hybridized carbons (Fsp3) is 0.462. The number of aryl methyl sites for hydroxylation is 1. The second kappa shape index (κ2) is 9.99. The number of allylic oxidation sites excluding steroid dienone is 2. The first-order valence-electron chi connectivity index (χ1n) is 10.9. The molecule has 1 aromatic carbocycles. The zero-order valence-corrected chi connectivity index (χ0v) is 20.0. The topological polar surface area (TPSA) is 61.4 Å². The average Bonchev–Trinajstić information content (AvgIpc) is 2.68. The summed E-state index contributed by atoms with van der Waals surface area (Å²) in [7, 11) is 0. The number of carbonyl (C=O) groups excluding carboxylic acids is 2.